The summed E-state index contributed by atoms with van der Waals surface area (Å²) in [4.78, 5) is 37.6. The summed E-state index contributed by atoms with van der Waals surface area (Å²) in [6.07, 6.45) is -2.41. The first-order valence-corrected chi connectivity index (χ1v) is 14.0. The number of phenols is 6. The molecule has 3 aromatic rings. The molecule has 0 radical (unpaired) electrons. The lowest BCUT2D eigenvalue weighted by molar-refractivity contribution is -0.294. The van der Waals surface area contributed by atoms with Crippen LogP contribution in [0.2, 0.25) is 0 Å². The number of esters is 3. The molecule has 0 saturated carbocycles. The van der Waals surface area contributed by atoms with E-state index in [4.69, 9.17) is 18.9 Å². The number of rotatable bonds is 10. The molecular weight excluding hydrogens is 636 g/mol. The monoisotopic (exact) mass is 666 g/mol. The Morgan fingerprint density at radius 2 is 1.00 bits per heavy atom. The van der Waals surface area contributed by atoms with Crippen LogP contribution in [0.25, 0.3) is 18.2 Å². The van der Waals surface area contributed by atoms with Gasteiger partial charge in [-0.05, 0) is 71.3 Å². The highest BCUT2D eigenvalue weighted by atomic mass is 16.7. The van der Waals surface area contributed by atoms with E-state index >= 15 is 0 Å². The Morgan fingerprint density at radius 1 is 0.583 bits per heavy atom. The molecule has 5 atom stereocenters. The van der Waals surface area contributed by atoms with Crippen LogP contribution in [0, 0.1) is 0 Å². The molecule has 1 aliphatic rings. The van der Waals surface area contributed by atoms with Gasteiger partial charge in [0, 0.05) is 18.2 Å². The zero-order valence-corrected chi connectivity index (χ0v) is 24.7. The van der Waals surface area contributed by atoms with Gasteiger partial charge in [-0.3, -0.25) is 0 Å². The van der Waals surface area contributed by atoms with Gasteiger partial charge in [-0.15, -0.1) is 0 Å². The molecule has 1 saturated heterocycles. The highest BCUT2D eigenvalue weighted by Gasteiger charge is 2.48. The second-order valence-electron chi connectivity index (χ2n) is 10.2. The van der Waals surface area contributed by atoms with Crippen molar-refractivity contribution >= 4 is 36.1 Å². The Balaban J connectivity index is 1.47. The zero-order chi connectivity index (χ0) is 35.0. The van der Waals surface area contributed by atoms with Crippen LogP contribution in [0.4, 0.5) is 0 Å². The first kappa shape index (κ1) is 34.8. The van der Waals surface area contributed by atoms with Gasteiger partial charge in [-0.1, -0.05) is 18.2 Å². The molecule has 1 fully saturated rings. The van der Waals surface area contributed by atoms with E-state index in [9.17, 15) is 55.2 Å². The molecule has 4 rings (SSSR count). The molecule has 1 aliphatic heterocycles. The summed E-state index contributed by atoms with van der Waals surface area (Å²) in [6, 6.07) is 11.2. The third-order valence-corrected chi connectivity index (χ3v) is 6.75. The van der Waals surface area contributed by atoms with Crippen molar-refractivity contribution < 1.29 is 74.2 Å². The lowest BCUT2D eigenvalue weighted by atomic mass is 9.99. The summed E-state index contributed by atoms with van der Waals surface area (Å²) in [5, 5.41) is 78.8. The van der Waals surface area contributed by atoms with Crippen LogP contribution in [-0.2, 0) is 33.3 Å². The lowest BCUT2D eigenvalue weighted by Crippen LogP contribution is -2.60. The normalized spacial score (nSPS) is 21.0. The minimum absolute atomic E-state index is 0.286. The summed E-state index contributed by atoms with van der Waals surface area (Å²) in [5.41, 5.74) is 0.917. The molecule has 0 aliphatic carbocycles. The Kier molecular flexibility index (Phi) is 11.3. The quantitative estimate of drug-likeness (QED) is 0.0665. The predicted molar refractivity (Wildman–Crippen MR) is 164 cm³/mol. The van der Waals surface area contributed by atoms with E-state index in [2.05, 4.69) is 0 Å². The highest BCUT2D eigenvalue weighted by Crippen LogP contribution is 2.29. The predicted octanol–water partition coefficient (Wildman–Crippen LogP) is 1.81. The summed E-state index contributed by atoms with van der Waals surface area (Å²) in [7, 11) is 0. The molecular formula is C33H30O15. The van der Waals surface area contributed by atoms with Crippen LogP contribution in [0.5, 0.6) is 34.5 Å². The fourth-order valence-corrected chi connectivity index (χ4v) is 4.23. The molecule has 0 aromatic heterocycles. The molecule has 0 spiro atoms. The first-order chi connectivity index (χ1) is 22.8. The maximum Gasteiger partial charge on any atom is 0.333 e. The second-order valence-corrected chi connectivity index (χ2v) is 10.2. The minimum Gasteiger partial charge on any atom is -0.504 e. The number of hydrogen-bond acceptors (Lipinski definition) is 15. The number of aliphatic hydroxyl groups excluding tert-OH is 2. The standard InChI is InChI=1S/C33H30O15/c34-20-7-1-17(13-23(20)37)4-10-27(40)45-16-26-30(43)31(44)32(47-28(41)11-5-18-2-8-21(35)24(38)14-18)33(46-26)48-29(42)12-6-19-3-9-22(36)25(39)15-19/h1-15,26,30-39,43-44H,16H2. The minimum atomic E-state index is -1.93. The van der Waals surface area contributed by atoms with E-state index in [1.165, 1.54) is 60.7 Å². The van der Waals surface area contributed by atoms with Crippen molar-refractivity contribution in [1.82, 2.24) is 0 Å². The molecule has 15 heteroatoms. The summed E-state index contributed by atoms with van der Waals surface area (Å²) >= 11 is 0. The van der Waals surface area contributed by atoms with Gasteiger partial charge in [0.05, 0.1) is 0 Å². The van der Waals surface area contributed by atoms with Crippen molar-refractivity contribution in [2.24, 2.45) is 0 Å². The van der Waals surface area contributed by atoms with Gasteiger partial charge in [-0.25, -0.2) is 14.4 Å². The summed E-state index contributed by atoms with van der Waals surface area (Å²) in [5.74, 6) is -5.55. The average Bonchev–Trinajstić information content (AvgIpc) is 3.05. The van der Waals surface area contributed by atoms with Crippen molar-refractivity contribution in [1.29, 1.82) is 0 Å². The molecule has 8 N–H and O–H groups in total. The smallest absolute Gasteiger partial charge is 0.333 e. The molecule has 3 aromatic carbocycles. The van der Waals surface area contributed by atoms with E-state index in [1.54, 1.807) is 0 Å². The van der Waals surface area contributed by atoms with E-state index in [-0.39, 0.29) is 28.4 Å². The van der Waals surface area contributed by atoms with Crippen molar-refractivity contribution in [3.8, 4) is 34.5 Å². The van der Waals surface area contributed by atoms with Crippen LogP contribution >= 0.6 is 0 Å². The van der Waals surface area contributed by atoms with Gasteiger partial charge in [0.1, 0.15) is 24.9 Å². The van der Waals surface area contributed by atoms with Crippen molar-refractivity contribution in [2.75, 3.05) is 6.61 Å². The average molecular weight is 667 g/mol. The fourth-order valence-electron chi connectivity index (χ4n) is 4.23. The van der Waals surface area contributed by atoms with Gasteiger partial charge in [-0.2, -0.15) is 0 Å². The van der Waals surface area contributed by atoms with Gasteiger partial charge >= 0.3 is 17.9 Å². The van der Waals surface area contributed by atoms with Crippen LogP contribution in [-0.4, -0.2) is 96.1 Å². The molecule has 0 bridgehead atoms. The largest absolute Gasteiger partial charge is 0.504 e. The van der Waals surface area contributed by atoms with E-state index in [1.807, 2.05) is 0 Å². The van der Waals surface area contributed by atoms with Crippen LogP contribution in [0.15, 0.2) is 72.8 Å². The highest BCUT2D eigenvalue weighted by molar-refractivity contribution is 5.88. The Labute approximate surface area is 271 Å². The topological polar surface area (TPSA) is 250 Å². The number of aliphatic hydroxyl groups is 2. The number of carbonyl (C=O) groups excluding carboxylic acids is 3. The maximum atomic E-state index is 12.7. The van der Waals surface area contributed by atoms with Gasteiger partial charge in [0.25, 0.3) is 0 Å². The number of aromatic hydroxyl groups is 6. The molecule has 1 heterocycles. The van der Waals surface area contributed by atoms with E-state index in [0.717, 1.165) is 30.4 Å². The lowest BCUT2D eigenvalue weighted by Gasteiger charge is -2.40. The molecule has 252 valence electrons. The Morgan fingerprint density at radius 3 is 1.44 bits per heavy atom. The summed E-state index contributed by atoms with van der Waals surface area (Å²) in [6.45, 7) is -0.663. The fraction of sp³-hybridized carbons (Fsp3) is 0.182. The molecule has 0 amide bonds. The number of carbonyl (C=O) groups is 3. The van der Waals surface area contributed by atoms with Crippen LogP contribution in [0.3, 0.4) is 0 Å². The third-order valence-electron chi connectivity index (χ3n) is 6.75. The molecule has 15 nitrogen and oxygen atoms in total. The van der Waals surface area contributed by atoms with Gasteiger partial charge < -0.3 is 59.8 Å². The van der Waals surface area contributed by atoms with Crippen LogP contribution in [0.1, 0.15) is 16.7 Å². The third kappa shape index (κ3) is 9.26. The van der Waals surface area contributed by atoms with Gasteiger partial charge in [0.15, 0.2) is 40.6 Å². The molecule has 48 heavy (non-hydrogen) atoms. The summed E-state index contributed by atoms with van der Waals surface area (Å²) < 4.78 is 21.2. The number of benzene rings is 3. The number of phenolic OH excluding ortho intramolecular Hbond substituents is 6. The molecule has 5 unspecified atom stereocenters. The van der Waals surface area contributed by atoms with E-state index in [0.29, 0.717) is 5.56 Å². The van der Waals surface area contributed by atoms with Crippen molar-refractivity contribution in [3.63, 3.8) is 0 Å². The van der Waals surface area contributed by atoms with Crippen molar-refractivity contribution in [2.45, 2.75) is 30.7 Å². The zero-order valence-electron chi connectivity index (χ0n) is 24.7. The Hall–Kier alpha value is -6.03. The second kappa shape index (κ2) is 15.5. The number of hydrogen-bond donors (Lipinski definition) is 8. The van der Waals surface area contributed by atoms with Gasteiger partial charge in [0.2, 0.25) is 6.29 Å². The Bertz CT molecular complexity index is 1740. The van der Waals surface area contributed by atoms with E-state index < -0.39 is 72.5 Å². The van der Waals surface area contributed by atoms with Crippen LogP contribution < -0.4 is 0 Å². The van der Waals surface area contributed by atoms with Crippen molar-refractivity contribution in [3.05, 3.63) is 89.5 Å². The number of ether oxygens (including phenoxy) is 4. The first-order valence-electron chi connectivity index (χ1n) is 14.0. The SMILES string of the molecule is O=C(C=Cc1ccc(O)c(O)c1)OCC1OC(OC(=O)C=Cc2ccc(O)c(O)c2)C(OC(=O)C=Cc2ccc(O)c(O)c2)C(O)C1O. The maximum absolute atomic E-state index is 12.7.